The first kappa shape index (κ1) is 17.6. The van der Waals surface area contributed by atoms with Gasteiger partial charge in [-0.3, -0.25) is 0 Å². The van der Waals surface area contributed by atoms with E-state index in [1.54, 1.807) is 6.92 Å². The maximum absolute atomic E-state index is 9.12. The fourth-order valence-corrected chi connectivity index (χ4v) is 2.44. The Morgan fingerprint density at radius 1 is 0.913 bits per heavy atom. The van der Waals surface area contributed by atoms with Crippen molar-refractivity contribution in [3.05, 3.63) is 75.8 Å². The molecule has 2 nitrogen and oxygen atoms in total. The third-order valence-corrected chi connectivity index (χ3v) is 4.40. The van der Waals surface area contributed by atoms with Crippen LogP contribution in [0.15, 0.2) is 59.8 Å². The first-order valence-electron chi connectivity index (χ1n) is 7.27. The van der Waals surface area contributed by atoms with Gasteiger partial charge < -0.3 is 5.21 Å². The molecule has 2 aromatic carbocycles. The topological polar surface area (TPSA) is 32.6 Å². The molecular weight excluding hydrogens is 329 g/mol. The second-order valence-electron chi connectivity index (χ2n) is 5.98. The van der Waals surface area contributed by atoms with Crippen LogP contribution in [0.3, 0.4) is 0 Å². The van der Waals surface area contributed by atoms with E-state index >= 15 is 0 Å². The molecule has 0 unspecified atom stereocenters. The summed E-state index contributed by atoms with van der Waals surface area (Å²) in [7, 11) is 0. The number of hydrogen-bond acceptors (Lipinski definition) is 2. The highest BCUT2D eigenvalue weighted by atomic mass is 35.5. The predicted molar refractivity (Wildman–Crippen MR) is 98.7 cm³/mol. The zero-order valence-corrected chi connectivity index (χ0v) is 14.9. The number of oxime groups is 1. The van der Waals surface area contributed by atoms with Crippen molar-refractivity contribution in [2.75, 3.05) is 0 Å². The molecule has 0 atom stereocenters. The van der Waals surface area contributed by atoms with Crippen molar-refractivity contribution >= 4 is 34.5 Å². The number of benzene rings is 2. The highest BCUT2D eigenvalue weighted by Crippen LogP contribution is 2.32. The molecule has 1 N–H and O–H groups in total. The summed E-state index contributed by atoms with van der Waals surface area (Å²) in [6.07, 6.45) is 2.09. The minimum Gasteiger partial charge on any atom is -0.411 e. The molecule has 0 radical (unpaired) electrons. The number of halogens is 2. The van der Waals surface area contributed by atoms with E-state index in [9.17, 15) is 0 Å². The standard InChI is InChI=1S/C19H19Cl2NO/c1-13(22-23)19(2,3)12-18(14-4-8-16(20)9-5-14)15-6-10-17(21)11-7-15/h4-12,23H,1-3H3/b22-13+. The average Bonchev–Trinajstić information content (AvgIpc) is 2.53. The van der Waals surface area contributed by atoms with E-state index in [4.69, 9.17) is 28.4 Å². The van der Waals surface area contributed by atoms with Gasteiger partial charge in [0.1, 0.15) is 0 Å². The van der Waals surface area contributed by atoms with Crippen LogP contribution in [0.4, 0.5) is 0 Å². The lowest BCUT2D eigenvalue weighted by Gasteiger charge is -2.22. The SMILES string of the molecule is C/C(=N\O)C(C)(C)C=C(c1ccc(Cl)cc1)c1ccc(Cl)cc1. The monoisotopic (exact) mass is 347 g/mol. The van der Waals surface area contributed by atoms with Crippen LogP contribution in [0.1, 0.15) is 31.9 Å². The Morgan fingerprint density at radius 3 is 1.65 bits per heavy atom. The summed E-state index contributed by atoms with van der Waals surface area (Å²) in [5.74, 6) is 0. The zero-order chi connectivity index (χ0) is 17.0. The fourth-order valence-electron chi connectivity index (χ4n) is 2.19. The summed E-state index contributed by atoms with van der Waals surface area (Å²) < 4.78 is 0. The van der Waals surface area contributed by atoms with Crippen molar-refractivity contribution in [1.29, 1.82) is 0 Å². The van der Waals surface area contributed by atoms with E-state index in [-0.39, 0.29) is 0 Å². The van der Waals surface area contributed by atoms with Gasteiger partial charge in [-0.05, 0) is 47.9 Å². The van der Waals surface area contributed by atoms with Gasteiger partial charge in [0.15, 0.2) is 0 Å². The Kier molecular flexibility index (Phi) is 5.51. The van der Waals surface area contributed by atoms with Crippen LogP contribution < -0.4 is 0 Å². The molecule has 0 bridgehead atoms. The lowest BCUT2D eigenvalue weighted by Crippen LogP contribution is -2.19. The molecule has 0 saturated carbocycles. The number of allylic oxidation sites excluding steroid dienone is 1. The smallest absolute Gasteiger partial charge is 0.0633 e. The van der Waals surface area contributed by atoms with Crippen molar-refractivity contribution in [1.82, 2.24) is 0 Å². The van der Waals surface area contributed by atoms with Gasteiger partial charge in [0.05, 0.1) is 5.71 Å². The molecule has 120 valence electrons. The molecule has 0 spiro atoms. The number of nitrogens with zero attached hydrogens (tertiary/aromatic N) is 1. The Bertz CT molecular complexity index is 681. The summed E-state index contributed by atoms with van der Waals surface area (Å²) in [6.45, 7) is 5.82. The highest BCUT2D eigenvalue weighted by molar-refractivity contribution is 6.31. The van der Waals surface area contributed by atoms with Crippen molar-refractivity contribution < 1.29 is 5.21 Å². The molecule has 0 amide bonds. The van der Waals surface area contributed by atoms with Crippen LogP contribution in [0.2, 0.25) is 10.0 Å². The van der Waals surface area contributed by atoms with Crippen LogP contribution in [-0.4, -0.2) is 10.9 Å². The third-order valence-electron chi connectivity index (χ3n) is 3.90. The van der Waals surface area contributed by atoms with Crippen molar-refractivity contribution in [2.45, 2.75) is 20.8 Å². The Morgan fingerprint density at radius 2 is 1.30 bits per heavy atom. The van der Waals surface area contributed by atoms with Gasteiger partial charge in [0, 0.05) is 15.5 Å². The summed E-state index contributed by atoms with van der Waals surface area (Å²) in [4.78, 5) is 0. The van der Waals surface area contributed by atoms with Crippen LogP contribution in [0, 0.1) is 5.41 Å². The second-order valence-corrected chi connectivity index (χ2v) is 6.85. The summed E-state index contributed by atoms with van der Waals surface area (Å²) >= 11 is 12.0. The number of hydrogen-bond donors (Lipinski definition) is 1. The highest BCUT2D eigenvalue weighted by Gasteiger charge is 2.21. The molecule has 4 heteroatoms. The van der Waals surface area contributed by atoms with Crippen LogP contribution >= 0.6 is 23.2 Å². The maximum Gasteiger partial charge on any atom is 0.0633 e. The lowest BCUT2D eigenvalue weighted by molar-refractivity contribution is 0.312. The Labute approximate surface area is 147 Å². The minimum atomic E-state index is -0.399. The van der Waals surface area contributed by atoms with Gasteiger partial charge in [0.25, 0.3) is 0 Å². The van der Waals surface area contributed by atoms with Gasteiger partial charge in [-0.25, -0.2) is 0 Å². The van der Waals surface area contributed by atoms with E-state index in [0.717, 1.165) is 16.7 Å². The van der Waals surface area contributed by atoms with E-state index in [0.29, 0.717) is 15.8 Å². The molecule has 0 saturated heterocycles. The summed E-state index contributed by atoms with van der Waals surface area (Å²) in [5, 5.41) is 13.9. The molecule has 0 aromatic heterocycles. The largest absolute Gasteiger partial charge is 0.411 e. The normalized spacial score (nSPS) is 12.1. The Balaban J connectivity index is 2.60. The first-order chi connectivity index (χ1) is 10.8. The van der Waals surface area contributed by atoms with Gasteiger partial charge in [-0.2, -0.15) is 0 Å². The Hall–Kier alpha value is -1.77. The summed E-state index contributed by atoms with van der Waals surface area (Å²) in [6, 6.07) is 15.4. The fraction of sp³-hybridized carbons (Fsp3) is 0.211. The molecule has 0 aliphatic heterocycles. The summed E-state index contributed by atoms with van der Waals surface area (Å²) in [5.41, 5.74) is 3.35. The molecule has 0 heterocycles. The minimum absolute atomic E-state index is 0.399. The van der Waals surface area contributed by atoms with Gasteiger partial charge in [-0.15, -0.1) is 0 Å². The zero-order valence-electron chi connectivity index (χ0n) is 13.3. The van der Waals surface area contributed by atoms with Crippen LogP contribution in [-0.2, 0) is 0 Å². The lowest BCUT2D eigenvalue weighted by atomic mass is 9.83. The van der Waals surface area contributed by atoms with Gasteiger partial charge in [0.2, 0.25) is 0 Å². The third kappa shape index (κ3) is 4.37. The van der Waals surface area contributed by atoms with E-state index < -0.39 is 5.41 Å². The van der Waals surface area contributed by atoms with Crippen LogP contribution in [0.5, 0.6) is 0 Å². The van der Waals surface area contributed by atoms with E-state index in [1.807, 2.05) is 62.4 Å². The van der Waals surface area contributed by atoms with Crippen molar-refractivity contribution in [3.8, 4) is 0 Å². The second kappa shape index (κ2) is 7.20. The molecular formula is C19H19Cl2NO. The molecule has 23 heavy (non-hydrogen) atoms. The van der Waals surface area contributed by atoms with Gasteiger partial charge in [-0.1, -0.05) is 72.5 Å². The first-order valence-corrected chi connectivity index (χ1v) is 8.03. The predicted octanol–water partition coefficient (Wildman–Crippen LogP) is 6.30. The van der Waals surface area contributed by atoms with E-state index in [1.165, 1.54) is 0 Å². The van der Waals surface area contributed by atoms with Crippen molar-refractivity contribution in [3.63, 3.8) is 0 Å². The van der Waals surface area contributed by atoms with Gasteiger partial charge >= 0.3 is 0 Å². The molecule has 0 aliphatic rings. The van der Waals surface area contributed by atoms with Crippen LogP contribution in [0.25, 0.3) is 5.57 Å². The number of rotatable bonds is 4. The van der Waals surface area contributed by atoms with E-state index in [2.05, 4.69) is 11.2 Å². The average molecular weight is 348 g/mol. The maximum atomic E-state index is 9.12. The molecule has 2 rings (SSSR count). The molecule has 0 fully saturated rings. The quantitative estimate of drug-likeness (QED) is 0.392. The van der Waals surface area contributed by atoms with Crippen molar-refractivity contribution in [2.24, 2.45) is 10.6 Å². The molecule has 2 aromatic rings. The molecule has 0 aliphatic carbocycles.